The van der Waals surface area contributed by atoms with E-state index in [-0.39, 0.29) is 11.9 Å². The minimum atomic E-state index is 0.0249. The average Bonchev–Trinajstić information content (AvgIpc) is 3.36. The zero-order valence-corrected chi connectivity index (χ0v) is 16.2. The highest BCUT2D eigenvalue weighted by Gasteiger charge is 2.29. The van der Waals surface area contributed by atoms with Gasteiger partial charge in [0.15, 0.2) is 5.82 Å². The number of halogens is 1. The topological polar surface area (TPSA) is 85.0 Å². The molecule has 1 aliphatic heterocycles. The number of nitrogens with zero attached hydrogens (tertiary/aromatic N) is 5. The third-order valence-electron chi connectivity index (χ3n) is 4.69. The molecule has 0 aromatic carbocycles. The van der Waals surface area contributed by atoms with Crippen molar-refractivity contribution in [2.24, 2.45) is 0 Å². The number of aromatic nitrogens is 4. The van der Waals surface area contributed by atoms with E-state index in [1.54, 1.807) is 24.8 Å². The molecule has 138 valence electrons. The van der Waals surface area contributed by atoms with Crippen LogP contribution in [0.3, 0.4) is 0 Å². The lowest BCUT2D eigenvalue weighted by Crippen LogP contribution is -2.36. The van der Waals surface area contributed by atoms with Crippen molar-refractivity contribution < 1.29 is 9.32 Å². The first-order chi connectivity index (χ1) is 13.2. The van der Waals surface area contributed by atoms with E-state index in [9.17, 15) is 4.79 Å². The zero-order chi connectivity index (χ0) is 18.6. The minimum Gasteiger partial charge on any atom is -0.336 e. The number of amides is 1. The molecule has 4 rings (SSSR count). The monoisotopic (exact) mass is 427 g/mol. The highest BCUT2D eigenvalue weighted by atomic mass is 79.9. The van der Waals surface area contributed by atoms with Crippen LogP contribution in [0, 0.1) is 0 Å². The largest absolute Gasteiger partial charge is 0.336 e. The Balaban J connectivity index is 1.40. The maximum atomic E-state index is 12.8. The molecule has 1 saturated heterocycles. The van der Waals surface area contributed by atoms with Crippen LogP contribution in [0.2, 0.25) is 0 Å². The van der Waals surface area contributed by atoms with Gasteiger partial charge in [0.05, 0.1) is 5.56 Å². The summed E-state index contributed by atoms with van der Waals surface area (Å²) in [6.07, 6.45) is 10.1. The van der Waals surface area contributed by atoms with Crippen molar-refractivity contribution in [3.8, 4) is 11.5 Å². The molecule has 1 unspecified atom stereocenters. The Morgan fingerprint density at radius 2 is 2.11 bits per heavy atom. The maximum absolute atomic E-state index is 12.8. The summed E-state index contributed by atoms with van der Waals surface area (Å²) in [5.74, 6) is 1.18. The minimum absolute atomic E-state index is 0.0249. The number of carbonyl (C=O) groups excluding carboxylic acids is 1. The molecule has 0 saturated carbocycles. The summed E-state index contributed by atoms with van der Waals surface area (Å²) in [7, 11) is 0. The lowest BCUT2D eigenvalue weighted by molar-refractivity contribution is 0.0729. The number of hydrogen-bond acceptors (Lipinski definition) is 6. The first-order valence-electron chi connectivity index (χ1n) is 8.85. The van der Waals surface area contributed by atoms with E-state index in [4.69, 9.17) is 4.52 Å². The van der Waals surface area contributed by atoms with Crippen molar-refractivity contribution in [1.82, 2.24) is 25.0 Å². The second-order valence-electron chi connectivity index (χ2n) is 6.48. The summed E-state index contributed by atoms with van der Waals surface area (Å²) in [5.41, 5.74) is 1.46. The van der Waals surface area contributed by atoms with Crippen molar-refractivity contribution in [3.63, 3.8) is 0 Å². The van der Waals surface area contributed by atoms with Gasteiger partial charge in [-0.3, -0.25) is 14.8 Å². The van der Waals surface area contributed by atoms with Gasteiger partial charge in [-0.2, -0.15) is 4.98 Å². The fraction of sp³-hybridized carbons (Fsp3) is 0.316. The summed E-state index contributed by atoms with van der Waals surface area (Å²) < 4.78 is 6.14. The van der Waals surface area contributed by atoms with Gasteiger partial charge in [0, 0.05) is 53.8 Å². The van der Waals surface area contributed by atoms with Crippen molar-refractivity contribution in [2.75, 3.05) is 6.54 Å². The van der Waals surface area contributed by atoms with Gasteiger partial charge >= 0.3 is 0 Å². The molecule has 0 bridgehead atoms. The normalized spacial score (nSPS) is 16.6. The number of likely N-dealkylation sites (tertiary alicyclic amines) is 1. The van der Waals surface area contributed by atoms with E-state index in [1.807, 2.05) is 23.1 Å². The van der Waals surface area contributed by atoms with Crippen LogP contribution in [0.1, 0.15) is 35.4 Å². The number of aryl methyl sites for hydroxylation is 1. The SMILES string of the molecule is O=C(c1cncc(Br)c1)N1CCCC1CCc1noc(-c2ccncc2)n1. The molecule has 0 N–H and O–H groups in total. The van der Waals surface area contributed by atoms with Crippen LogP contribution in [0.5, 0.6) is 0 Å². The maximum Gasteiger partial charge on any atom is 0.258 e. The number of pyridine rings is 2. The Kier molecular flexibility index (Phi) is 5.24. The fourth-order valence-corrected chi connectivity index (χ4v) is 3.73. The Morgan fingerprint density at radius 3 is 2.93 bits per heavy atom. The number of hydrogen-bond donors (Lipinski definition) is 0. The highest BCUT2D eigenvalue weighted by Crippen LogP contribution is 2.25. The summed E-state index contributed by atoms with van der Waals surface area (Å²) in [6.45, 7) is 0.768. The molecule has 8 heteroatoms. The summed E-state index contributed by atoms with van der Waals surface area (Å²) >= 11 is 3.37. The Bertz CT molecular complexity index is 931. The lowest BCUT2D eigenvalue weighted by atomic mass is 10.1. The zero-order valence-electron chi connectivity index (χ0n) is 14.6. The average molecular weight is 428 g/mol. The molecule has 27 heavy (non-hydrogen) atoms. The highest BCUT2D eigenvalue weighted by molar-refractivity contribution is 9.10. The molecule has 1 aliphatic rings. The molecule has 3 aromatic heterocycles. The first-order valence-corrected chi connectivity index (χ1v) is 9.64. The predicted molar refractivity (Wildman–Crippen MR) is 102 cm³/mol. The molecule has 0 spiro atoms. The molecule has 1 fully saturated rings. The fourth-order valence-electron chi connectivity index (χ4n) is 3.36. The predicted octanol–water partition coefficient (Wildman–Crippen LogP) is 3.53. The molecule has 4 heterocycles. The van der Waals surface area contributed by atoms with Crippen LogP contribution in [0.15, 0.2) is 52.0 Å². The van der Waals surface area contributed by atoms with Crippen molar-refractivity contribution in [3.05, 3.63) is 58.8 Å². The molecule has 1 atom stereocenters. The van der Waals surface area contributed by atoms with E-state index in [1.165, 1.54) is 0 Å². The van der Waals surface area contributed by atoms with Crippen LogP contribution in [0.25, 0.3) is 11.5 Å². The number of rotatable bonds is 5. The van der Waals surface area contributed by atoms with Crippen LogP contribution < -0.4 is 0 Å². The van der Waals surface area contributed by atoms with E-state index < -0.39 is 0 Å². The van der Waals surface area contributed by atoms with E-state index in [0.717, 1.165) is 35.8 Å². The second kappa shape index (κ2) is 7.96. The van der Waals surface area contributed by atoms with E-state index >= 15 is 0 Å². The van der Waals surface area contributed by atoms with Gasteiger partial charge in [-0.1, -0.05) is 5.16 Å². The Hall–Kier alpha value is -2.61. The summed E-state index contributed by atoms with van der Waals surface area (Å²) in [4.78, 5) is 27.3. The van der Waals surface area contributed by atoms with Gasteiger partial charge in [0.25, 0.3) is 11.8 Å². The van der Waals surface area contributed by atoms with E-state index in [0.29, 0.717) is 23.7 Å². The van der Waals surface area contributed by atoms with Crippen LogP contribution in [0.4, 0.5) is 0 Å². The molecule has 0 radical (unpaired) electrons. The van der Waals surface area contributed by atoms with Gasteiger partial charge in [0.1, 0.15) is 0 Å². The van der Waals surface area contributed by atoms with Crippen LogP contribution in [-0.4, -0.2) is 43.5 Å². The van der Waals surface area contributed by atoms with E-state index in [2.05, 4.69) is 36.0 Å². The van der Waals surface area contributed by atoms with Crippen LogP contribution >= 0.6 is 15.9 Å². The molecular formula is C19H18BrN5O2. The molecule has 3 aromatic rings. The standard InChI is InChI=1S/C19H18BrN5O2/c20-15-10-14(11-22-12-15)19(26)25-9-1-2-16(25)3-4-17-23-18(27-24-17)13-5-7-21-8-6-13/h5-8,10-12,16H,1-4,9H2. The van der Waals surface area contributed by atoms with Gasteiger partial charge in [-0.05, 0) is 53.4 Å². The summed E-state index contributed by atoms with van der Waals surface area (Å²) in [6, 6.07) is 5.66. The van der Waals surface area contributed by atoms with Gasteiger partial charge in [-0.25, -0.2) is 0 Å². The third-order valence-corrected chi connectivity index (χ3v) is 5.12. The molecule has 7 nitrogen and oxygen atoms in total. The third kappa shape index (κ3) is 4.05. The Labute approximate surface area is 165 Å². The van der Waals surface area contributed by atoms with Crippen molar-refractivity contribution >= 4 is 21.8 Å². The molecular weight excluding hydrogens is 410 g/mol. The van der Waals surface area contributed by atoms with Gasteiger partial charge in [-0.15, -0.1) is 0 Å². The molecule has 1 amide bonds. The van der Waals surface area contributed by atoms with Crippen molar-refractivity contribution in [2.45, 2.75) is 31.7 Å². The van der Waals surface area contributed by atoms with Crippen LogP contribution in [-0.2, 0) is 6.42 Å². The second-order valence-corrected chi connectivity index (χ2v) is 7.39. The first kappa shape index (κ1) is 17.8. The van der Waals surface area contributed by atoms with Crippen molar-refractivity contribution in [1.29, 1.82) is 0 Å². The molecule has 0 aliphatic carbocycles. The summed E-state index contributed by atoms with van der Waals surface area (Å²) in [5, 5.41) is 4.07. The quantitative estimate of drug-likeness (QED) is 0.618. The lowest BCUT2D eigenvalue weighted by Gasteiger charge is -2.24. The van der Waals surface area contributed by atoms with Gasteiger partial charge in [0.2, 0.25) is 0 Å². The van der Waals surface area contributed by atoms with Gasteiger partial charge < -0.3 is 9.42 Å². The smallest absolute Gasteiger partial charge is 0.258 e. The Morgan fingerprint density at radius 1 is 1.26 bits per heavy atom. The number of carbonyl (C=O) groups is 1.